The molecule has 5 nitrogen and oxygen atoms in total. The van der Waals surface area contributed by atoms with E-state index < -0.39 is 11.7 Å². The van der Waals surface area contributed by atoms with Crippen LogP contribution in [0.1, 0.15) is 26.2 Å². The third-order valence-corrected chi connectivity index (χ3v) is 6.28. The molecule has 0 aromatic carbocycles. The topological polar surface area (TPSA) is 79.6 Å². The van der Waals surface area contributed by atoms with Gasteiger partial charge < -0.3 is 14.6 Å². The molecule has 5 heteroatoms. The van der Waals surface area contributed by atoms with E-state index in [1.54, 1.807) is 6.92 Å². The molecule has 3 saturated carbocycles. The number of ether oxygens (including phenoxy) is 2. The van der Waals surface area contributed by atoms with E-state index in [4.69, 9.17) is 9.47 Å². The van der Waals surface area contributed by atoms with Crippen molar-refractivity contribution in [3.8, 4) is 6.07 Å². The van der Waals surface area contributed by atoms with Crippen molar-refractivity contribution in [2.24, 2.45) is 28.6 Å². The van der Waals surface area contributed by atoms with E-state index in [0.717, 1.165) is 12.8 Å². The van der Waals surface area contributed by atoms with Gasteiger partial charge in [0.1, 0.15) is 11.5 Å². The fraction of sp³-hybridized carbons (Fsp3) is 0.750. The Bertz CT molecular complexity index is 581. The number of nitriles is 1. The van der Waals surface area contributed by atoms with Crippen molar-refractivity contribution in [3.05, 3.63) is 12.2 Å². The number of nitrogens with zero attached hydrogens (tertiary/aromatic N) is 1. The van der Waals surface area contributed by atoms with E-state index in [1.807, 2.05) is 0 Å². The van der Waals surface area contributed by atoms with Gasteiger partial charge in [-0.05, 0) is 43.9 Å². The molecular weight excluding hydrogens is 270 g/mol. The van der Waals surface area contributed by atoms with Crippen LogP contribution in [-0.4, -0.2) is 30.1 Å². The first-order chi connectivity index (χ1) is 9.95. The standard InChI is InChI=1S/C16H19NO4/c1-8(2)13(18)21-9-3-10-11-5-15(6-17)14(19)20-7-16(15,4-9)12(10)11/h9-12,14,19H,1,3-5,7H2,2H3. The van der Waals surface area contributed by atoms with Gasteiger partial charge in [0.05, 0.1) is 12.7 Å². The largest absolute Gasteiger partial charge is 0.459 e. The zero-order valence-corrected chi connectivity index (χ0v) is 12.0. The number of rotatable bonds is 2. The Kier molecular flexibility index (Phi) is 2.45. The molecule has 0 aromatic heterocycles. The van der Waals surface area contributed by atoms with Crippen LogP contribution in [0.3, 0.4) is 0 Å². The highest BCUT2D eigenvalue weighted by atomic mass is 16.6. The Morgan fingerprint density at radius 1 is 1.48 bits per heavy atom. The lowest BCUT2D eigenvalue weighted by molar-refractivity contribution is -0.150. The summed E-state index contributed by atoms with van der Waals surface area (Å²) in [4.78, 5) is 11.8. The van der Waals surface area contributed by atoms with E-state index in [9.17, 15) is 15.2 Å². The summed E-state index contributed by atoms with van der Waals surface area (Å²) in [5, 5.41) is 19.9. The highest BCUT2D eigenvalue weighted by Crippen LogP contribution is 2.80. The molecule has 1 N–H and O–H groups in total. The third kappa shape index (κ3) is 1.40. The molecule has 112 valence electrons. The molecule has 1 saturated heterocycles. The number of esters is 1. The maximum absolute atomic E-state index is 11.8. The Morgan fingerprint density at radius 2 is 2.24 bits per heavy atom. The first kappa shape index (κ1) is 13.3. The van der Waals surface area contributed by atoms with Gasteiger partial charge in [0, 0.05) is 11.0 Å². The van der Waals surface area contributed by atoms with Crippen LogP contribution in [0.25, 0.3) is 0 Å². The zero-order chi connectivity index (χ0) is 15.0. The molecule has 1 heterocycles. The number of carbonyl (C=O) groups excluding carboxylic acids is 1. The monoisotopic (exact) mass is 289 g/mol. The van der Waals surface area contributed by atoms with Crippen molar-refractivity contribution in [2.75, 3.05) is 6.61 Å². The van der Waals surface area contributed by atoms with Crippen LogP contribution in [0.4, 0.5) is 0 Å². The number of hydrogen-bond acceptors (Lipinski definition) is 5. The first-order valence-electron chi connectivity index (χ1n) is 7.52. The minimum absolute atomic E-state index is 0.192. The van der Waals surface area contributed by atoms with Gasteiger partial charge in [-0.15, -0.1) is 0 Å². The average Bonchev–Trinajstić information content (AvgIpc) is 2.93. The van der Waals surface area contributed by atoms with E-state index in [2.05, 4.69) is 12.6 Å². The number of aliphatic hydroxyl groups is 1. The number of carbonyl (C=O) groups is 1. The maximum atomic E-state index is 11.8. The van der Waals surface area contributed by atoms with E-state index in [0.29, 0.717) is 36.4 Å². The molecule has 21 heavy (non-hydrogen) atoms. The van der Waals surface area contributed by atoms with Crippen molar-refractivity contribution in [1.82, 2.24) is 0 Å². The smallest absolute Gasteiger partial charge is 0.333 e. The molecule has 1 spiro atoms. The summed E-state index contributed by atoms with van der Waals surface area (Å²) in [5.41, 5.74) is -0.758. The van der Waals surface area contributed by atoms with Crippen LogP contribution < -0.4 is 0 Å². The molecule has 3 aliphatic carbocycles. The fourth-order valence-corrected chi connectivity index (χ4v) is 5.40. The highest BCUT2D eigenvalue weighted by Gasteiger charge is 2.82. The van der Waals surface area contributed by atoms with Crippen LogP contribution in [0.2, 0.25) is 0 Å². The van der Waals surface area contributed by atoms with Crippen molar-refractivity contribution >= 4 is 5.97 Å². The van der Waals surface area contributed by atoms with Crippen LogP contribution in [-0.2, 0) is 14.3 Å². The summed E-state index contributed by atoms with van der Waals surface area (Å²) in [6.45, 7) is 5.65. The minimum atomic E-state index is -1.01. The lowest BCUT2D eigenvalue weighted by atomic mass is 9.58. The SMILES string of the molecule is C=C(C)C(=O)OC1CC2C3CC4(C#N)C(O)OCC4(C1)C23. The van der Waals surface area contributed by atoms with Gasteiger partial charge in [-0.2, -0.15) is 5.26 Å². The summed E-state index contributed by atoms with van der Waals surface area (Å²) in [6.07, 6.45) is 1.01. The second-order valence-electron chi connectivity index (χ2n) is 7.21. The van der Waals surface area contributed by atoms with E-state index in [-0.39, 0.29) is 17.5 Å². The van der Waals surface area contributed by atoms with Gasteiger partial charge in [-0.1, -0.05) is 6.58 Å². The quantitative estimate of drug-likeness (QED) is 0.613. The van der Waals surface area contributed by atoms with Crippen LogP contribution in [0.15, 0.2) is 12.2 Å². The van der Waals surface area contributed by atoms with Gasteiger partial charge in [0.2, 0.25) is 0 Å². The van der Waals surface area contributed by atoms with Gasteiger partial charge in [-0.25, -0.2) is 4.79 Å². The molecule has 4 aliphatic rings. The molecule has 0 amide bonds. The summed E-state index contributed by atoms with van der Waals surface area (Å²) >= 11 is 0. The number of hydrogen-bond donors (Lipinski definition) is 1. The predicted molar refractivity (Wildman–Crippen MR) is 71.5 cm³/mol. The second kappa shape index (κ2) is 3.88. The molecule has 4 fully saturated rings. The summed E-state index contributed by atoms with van der Waals surface area (Å²) < 4.78 is 11.0. The van der Waals surface area contributed by atoms with Crippen molar-refractivity contribution in [2.45, 2.75) is 38.6 Å². The average molecular weight is 289 g/mol. The Hall–Kier alpha value is -1.38. The summed E-state index contributed by atoms with van der Waals surface area (Å²) in [6, 6.07) is 2.36. The van der Waals surface area contributed by atoms with Gasteiger partial charge >= 0.3 is 5.97 Å². The second-order valence-corrected chi connectivity index (χ2v) is 7.21. The number of fused-ring (bicyclic) bond motifs is 1. The lowest BCUT2D eigenvalue weighted by Gasteiger charge is -2.43. The molecule has 0 aromatic rings. The van der Waals surface area contributed by atoms with Crippen LogP contribution in [0.5, 0.6) is 0 Å². The minimum Gasteiger partial charge on any atom is -0.459 e. The first-order valence-corrected chi connectivity index (χ1v) is 7.52. The lowest BCUT2D eigenvalue weighted by Crippen LogP contribution is -2.48. The Morgan fingerprint density at radius 3 is 2.90 bits per heavy atom. The van der Waals surface area contributed by atoms with Crippen molar-refractivity contribution in [3.63, 3.8) is 0 Å². The highest BCUT2D eigenvalue weighted by molar-refractivity contribution is 5.87. The van der Waals surface area contributed by atoms with Crippen LogP contribution in [0, 0.1) is 39.9 Å². The molecule has 7 unspecified atom stereocenters. The molecular formula is C16H19NO4. The van der Waals surface area contributed by atoms with Crippen LogP contribution >= 0.6 is 0 Å². The molecule has 7 atom stereocenters. The predicted octanol–water partition coefficient (Wildman–Crippen LogP) is 1.38. The van der Waals surface area contributed by atoms with E-state index >= 15 is 0 Å². The van der Waals surface area contributed by atoms with E-state index in [1.165, 1.54) is 0 Å². The maximum Gasteiger partial charge on any atom is 0.333 e. The third-order valence-electron chi connectivity index (χ3n) is 6.28. The van der Waals surface area contributed by atoms with Crippen molar-refractivity contribution in [1.29, 1.82) is 5.26 Å². The number of aliphatic hydroxyl groups excluding tert-OH is 1. The normalized spacial score (nSPS) is 52.5. The summed E-state index contributed by atoms with van der Waals surface area (Å²) in [7, 11) is 0. The molecule has 1 aliphatic heterocycles. The summed E-state index contributed by atoms with van der Waals surface area (Å²) in [5.74, 6) is 1.08. The Labute approximate surface area is 123 Å². The zero-order valence-electron chi connectivity index (χ0n) is 12.0. The van der Waals surface area contributed by atoms with Gasteiger partial charge in [-0.3, -0.25) is 0 Å². The molecule has 4 rings (SSSR count). The molecule has 0 bridgehead atoms. The van der Waals surface area contributed by atoms with Crippen molar-refractivity contribution < 1.29 is 19.4 Å². The fourth-order valence-electron chi connectivity index (χ4n) is 5.40. The Balaban J connectivity index is 1.64. The van der Waals surface area contributed by atoms with Gasteiger partial charge in [0.25, 0.3) is 0 Å². The molecule has 0 radical (unpaired) electrons. The van der Waals surface area contributed by atoms with Gasteiger partial charge in [0.15, 0.2) is 6.29 Å².